The summed E-state index contributed by atoms with van der Waals surface area (Å²) in [6, 6.07) is 5.65. The first kappa shape index (κ1) is 10.2. The van der Waals surface area contributed by atoms with Gasteiger partial charge < -0.3 is 13.9 Å². The van der Waals surface area contributed by atoms with Crippen molar-refractivity contribution in [3.63, 3.8) is 0 Å². The Hall–Kier alpha value is -1.35. The number of alkyl halides is 1. The predicted molar refractivity (Wildman–Crippen MR) is 58.9 cm³/mol. The van der Waals surface area contributed by atoms with E-state index in [1.54, 1.807) is 14.2 Å². The lowest BCUT2D eigenvalue weighted by molar-refractivity contribution is 0.353. The third kappa shape index (κ3) is 1.63. The van der Waals surface area contributed by atoms with E-state index in [1.165, 1.54) is 0 Å². The SMILES string of the molecule is COc1ccc2cc(CCl)oc2c1OC. The molecule has 0 saturated carbocycles. The molecule has 1 aromatic heterocycles. The van der Waals surface area contributed by atoms with E-state index in [1.807, 2.05) is 18.2 Å². The van der Waals surface area contributed by atoms with Crippen LogP contribution < -0.4 is 9.47 Å². The number of hydrogen-bond acceptors (Lipinski definition) is 3. The van der Waals surface area contributed by atoms with Crippen molar-refractivity contribution in [1.29, 1.82) is 0 Å². The molecule has 0 radical (unpaired) electrons. The van der Waals surface area contributed by atoms with Gasteiger partial charge in [-0.15, -0.1) is 11.6 Å². The van der Waals surface area contributed by atoms with E-state index in [-0.39, 0.29) is 0 Å². The molecule has 3 nitrogen and oxygen atoms in total. The monoisotopic (exact) mass is 226 g/mol. The normalized spacial score (nSPS) is 10.6. The van der Waals surface area contributed by atoms with E-state index >= 15 is 0 Å². The molecule has 1 aromatic carbocycles. The standard InChI is InChI=1S/C11H11ClO3/c1-13-9-4-3-7-5-8(6-12)15-10(7)11(9)14-2/h3-5H,6H2,1-2H3. The van der Waals surface area contributed by atoms with E-state index in [2.05, 4.69) is 0 Å². The van der Waals surface area contributed by atoms with Crippen molar-refractivity contribution in [2.24, 2.45) is 0 Å². The molecule has 0 N–H and O–H groups in total. The van der Waals surface area contributed by atoms with Crippen LogP contribution in [0.3, 0.4) is 0 Å². The van der Waals surface area contributed by atoms with Crippen LogP contribution in [-0.4, -0.2) is 14.2 Å². The molecule has 2 rings (SSSR count). The zero-order valence-electron chi connectivity index (χ0n) is 8.54. The topological polar surface area (TPSA) is 31.6 Å². The van der Waals surface area contributed by atoms with Crippen molar-refractivity contribution in [2.45, 2.75) is 5.88 Å². The Bertz CT molecular complexity index is 476. The Morgan fingerprint density at radius 3 is 2.67 bits per heavy atom. The fourth-order valence-corrected chi connectivity index (χ4v) is 1.66. The number of fused-ring (bicyclic) bond motifs is 1. The summed E-state index contributed by atoms with van der Waals surface area (Å²) in [5.41, 5.74) is 0.674. The zero-order valence-corrected chi connectivity index (χ0v) is 9.30. The summed E-state index contributed by atoms with van der Waals surface area (Å²) in [5, 5.41) is 0.961. The van der Waals surface area contributed by atoms with Crippen LogP contribution in [0.25, 0.3) is 11.0 Å². The smallest absolute Gasteiger partial charge is 0.204 e. The van der Waals surface area contributed by atoms with E-state index in [4.69, 9.17) is 25.5 Å². The molecule has 0 aliphatic carbocycles. The lowest BCUT2D eigenvalue weighted by Gasteiger charge is -2.06. The molecule has 0 saturated heterocycles. The van der Waals surface area contributed by atoms with Gasteiger partial charge in [-0.1, -0.05) is 0 Å². The van der Waals surface area contributed by atoms with Gasteiger partial charge in [-0.05, 0) is 18.2 Å². The minimum atomic E-state index is 0.347. The van der Waals surface area contributed by atoms with Gasteiger partial charge in [0.1, 0.15) is 5.76 Å². The second-order valence-corrected chi connectivity index (χ2v) is 3.33. The van der Waals surface area contributed by atoms with Crippen molar-refractivity contribution in [3.05, 3.63) is 24.0 Å². The Balaban J connectivity index is 2.69. The number of methoxy groups -OCH3 is 2. The van der Waals surface area contributed by atoms with Crippen LogP contribution >= 0.6 is 11.6 Å². The first-order valence-corrected chi connectivity index (χ1v) is 5.03. The molecular formula is C11H11ClO3. The molecule has 80 valence electrons. The van der Waals surface area contributed by atoms with Crippen LogP contribution in [0.15, 0.2) is 22.6 Å². The van der Waals surface area contributed by atoms with Crippen LogP contribution in [0.1, 0.15) is 5.76 Å². The van der Waals surface area contributed by atoms with E-state index < -0.39 is 0 Å². The van der Waals surface area contributed by atoms with E-state index in [0.29, 0.717) is 23.0 Å². The van der Waals surface area contributed by atoms with Crippen LogP contribution in [0.4, 0.5) is 0 Å². The highest BCUT2D eigenvalue weighted by molar-refractivity contribution is 6.17. The molecular weight excluding hydrogens is 216 g/mol. The zero-order chi connectivity index (χ0) is 10.8. The maximum atomic E-state index is 5.70. The largest absolute Gasteiger partial charge is 0.493 e. The van der Waals surface area contributed by atoms with E-state index in [9.17, 15) is 0 Å². The number of hydrogen-bond donors (Lipinski definition) is 0. The van der Waals surface area contributed by atoms with Crippen molar-refractivity contribution in [2.75, 3.05) is 14.2 Å². The molecule has 0 atom stereocenters. The van der Waals surface area contributed by atoms with Gasteiger partial charge in [0.15, 0.2) is 11.3 Å². The Labute approximate surface area is 92.5 Å². The summed E-state index contributed by atoms with van der Waals surface area (Å²) in [6.07, 6.45) is 0. The summed E-state index contributed by atoms with van der Waals surface area (Å²) in [5.74, 6) is 2.32. The first-order chi connectivity index (χ1) is 7.30. The number of rotatable bonds is 3. The quantitative estimate of drug-likeness (QED) is 0.754. The Morgan fingerprint density at radius 2 is 2.07 bits per heavy atom. The van der Waals surface area contributed by atoms with Gasteiger partial charge in [0, 0.05) is 5.39 Å². The molecule has 0 aliphatic heterocycles. The van der Waals surface area contributed by atoms with Crippen molar-refractivity contribution < 1.29 is 13.9 Å². The third-order valence-corrected chi connectivity index (χ3v) is 2.48. The van der Waals surface area contributed by atoms with E-state index in [0.717, 1.165) is 11.1 Å². The second kappa shape index (κ2) is 4.03. The summed E-state index contributed by atoms with van der Waals surface area (Å²) < 4.78 is 16.0. The molecule has 0 fully saturated rings. The predicted octanol–water partition coefficient (Wildman–Crippen LogP) is 3.19. The summed E-state index contributed by atoms with van der Waals surface area (Å²) >= 11 is 5.70. The molecule has 1 heterocycles. The molecule has 15 heavy (non-hydrogen) atoms. The number of ether oxygens (including phenoxy) is 2. The summed E-state index contributed by atoms with van der Waals surface area (Å²) in [7, 11) is 3.18. The highest BCUT2D eigenvalue weighted by Gasteiger charge is 2.13. The van der Waals surface area contributed by atoms with Crippen molar-refractivity contribution in [1.82, 2.24) is 0 Å². The minimum absolute atomic E-state index is 0.347. The molecule has 0 bridgehead atoms. The molecule has 0 aliphatic rings. The first-order valence-electron chi connectivity index (χ1n) is 4.49. The number of halogens is 1. The molecule has 0 spiro atoms. The lowest BCUT2D eigenvalue weighted by Crippen LogP contribution is -1.89. The van der Waals surface area contributed by atoms with Gasteiger partial charge >= 0.3 is 0 Å². The van der Waals surface area contributed by atoms with Crippen molar-refractivity contribution >= 4 is 22.6 Å². The molecule has 2 aromatic rings. The molecule has 4 heteroatoms. The average Bonchev–Trinajstić information content (AvgIpc) is 2.70. The van der Waals surface area contributed by atoms with Crippen LogP contribution in [0, 0.1) is 0 Å². The average molecular weight is 227 g/mol. The number of benzene rings is 1. The number of furan rings is 1. The highest BCUT2D eigenvalue weighted by Crippen LogP contribution is 2.37. The van der Waals surface area contributed by atoms with Crippen molar-refractivity contribution in [3.8, 4) is 11.5 Å². The van der Waals surface area contributed by atoms with Crippen LogP contribution in [0.5, 0.6) is 11.5 Å². The Kier molecular flexibility index (Phi) is 2.73. The van der Waals surface area contributed by atoms with Gasteiger partial charge in [-0.3, -0.25) is 0 Å². The summed E-state index contributed by atoms with van der Waals surface area (Å²) in [6.45, 7) is 0. The summed E-state index contributed by atoms with van der Waals surface area (Å²) in [4.78, 5) is 0. The lowest BCUT2D eigenvalue weighted by atomic mass is 10.2. The van der Waals surface area contributed by atoms with Gasteiger partial charge in [-0.2, -0.15) is 0 Å². The minimum Gasteiger partial charge on any atom is -0.493 e. The Morgan fingerprint density at radius 1 is 1.27 bits per heavy atom. The van der Waals surface area contributed by atoms with Crippen LogP contribution in [-0.2, 0) is 5.88 Å². The van der Waals surface area contributed by atoms with Gasteiger partial charge in [-0.25, -0.2) is 0 Å². The fraction of sp³-hybridized carbons (Fsp3) is 0.273. The fourth-order valence-electron chi connectivity index (χ4n) is 1.53. The molecule has 0 unspecified atom stereocenters. The third-order valence-electron chi connectivity index (χ3n) is 2.21. The maximum absolute atomic E-state index is 5.70. The maximum Gasteiger partial charge on any atom is 0.204 e. The van der Waals surface area contributed by atoms with Crippen LogP contribution in [0.2, 0.25) is 0 Å². The highest BCUT2D eigenvalue weighted by atomic mass is 35.5. The molecule has 0 amide bonds. The second-order valence-electron chi connectivity index (χ2n) is 3.07. The van der Waals surface area contributed by atoms with Gasteiger partial charge in [0.25, 0.3) is 0 Å². The van der Waals surface area contributed by atoms with Gasteiger partial charge in [0.2, 0.25) is 5.75 Å². The van der Waals surface area contributed by atoms with Gasteiger partial charge in [0.05, 0.1) is 20.1 Å².